The zero-order chi connectivity index (χ0) is 16.4. The highest BCUT2D eigenvalue weighted by Gasteiger charge is 2.27. The van der Waals surface area contributed by atoms with Gasteiger partial charge in [-0.1, -0.05) is 73.4 Å². The van der Waals surface area contributed by atoms with Crippen molar-refractivity contribution >= 4 is 0 Å². The molecule has 3 N–H and O–H groups in total. The molecule has 0 radical (unpaired) electrons. The summed E-state index contributed by atoms with van der Waals surface area (Å²) in [6.07, 6.45) is 3.29. The van der Waals surface area contributed by atoms with E-state index in [1.165, 1.54) is 0 Å². The second-order valence-corrected chi connectivity index (χ2v) is 8.21. The van der Waals surface area contributed by atoms with Crippen LogP contribution in [0.1, 0.15) is 90.5 Å². The summed E-state index contributed by atoms with van der Waals surface area (Å²) in [5.74, 6) is 0.432. The van der Waals surface area contributed by atoms with Gasteiger partial charge >= 0.3 is 0 Å². The lowest BCUT2D eigenvalue weighted by Gasteiger charge is -2.29. The molecule has 0 aliphatic rings. The van der Waals surface area contributed by atoms with Crippen LogP contribution in [0.15, 0.2) is 12.1 Å². The minimum absolute atomic E-state index is 0.0488. The zero-order valence-electron chi connectivity index (χ0n) is 14.9. The van der Waals surface area contributed by atoms with Crippen LogP contribution in [0.4, 0.5) is 0 Å². The van der Waals surface area contributed by atoms with Crippen LogP contribution in [0.2, 0.25) is 0 Å². The maximum Gasteiger partial charge on any atom is 0.123 e. The third-order valence-electron chi connectivity index (χ3n) is 4.05. The van der Waals surface area contributed by atoms with Crippen molar-refractivity contribution in [2.45, 2.75) is 84.6 Å². The summed E-state index contributed by atoms with van der Waals surface area (Å²) in [7, 11) is 0. The van der Waals surface area contributed by atoms with Crippen molar-refractivity contribution in [3.63, 3.8) is 0 Å². The van der Waals surface area contributed by atoms with Crippen molar-refractivity contribution in [2.24, 2.45) is 5.73 Å². The molecule has 1 aromatic rings. The molecule has 0 saturated heterocycles. The van der Waals surface area contributed by atoms with E-state index in [1.54, 1.807) is 0 Å². The maximum atomic E-state index is 10.7. The van der Waals surface area contributed by atoms with E-state index in [2.05, 4.69) is 60.6 Å². The molecule has 0 spiro atoms. The third kappa shape index (κ3) is 4.47. The first-order chi connectivity index (χ1) is 9.48. The molecule has 1 atom stereocenters. The smallest absolute Gasteiger partial charge is 0.123 e. The Balaban J connectivity index is 3.40. The summed E-state index contributed by atoms with van der Waals surface area (Å²) >= 11 is 0. The summed E-state index contributed by atoms with van der Waals surface area (Å²) in [4.78, 5) is 0. The first kappa shape index (κ1) is 18.0. The molecular weight excluding hydrogens is 258 g/mol. The minimum Gasteiger partial charge on any atom is -0.507 e. The van der Waals surface area contributed by atoms with E-state index in [1.807, 2.05) is 0 Å². The number of hydrogen-bond acceptors (Lipinski definition) is 2. The third-order valence-corrected chi connectivity index (χ3v) is 4.05. The van der Waals surface area contributed by atoms with Crippen molar-refractivity contribution in [1.82, 2.24) is 0 Å². The predicted octanol–water partition coefficient (Wildman–Crippen LogP) is 5.18. The topological polar surface area (TPSA) is 46.2 Å². The Morgan fingerprint density at radius 1 is 1.00 bits per heavy atom. The van der Waals surface area contributed by atoms with Gasteiger partial charge in [0.25, 0.3) is 0 Å². The minimum atomic E-state index is -0.0927. The molecule has 2 nitrogen and oxygen atoms in total. The number of phenolic OH excluding ortho intramolecular Hbond substituents is 1. The fourth-order valence-corrected chi connectivity index (χ4v) is 2.61. The van der Waals surface area contributed by atoms with Crippen LogP contribution in [0, 0.1) is 0 Å². The van der Waals surface area contributed by atoms with Gasteiger partial charge in [0.15, 0.2) is 0 Å². The van der Waals surface area contributed by atoms with Crippen molar-refractivity contribution < 1.29 is 5.11 Å². The fourth-order valence-electron chi connectivity index (χ4n) is 2.61. The Morgan fingerprint density at radius 2 is 1.43 bits per heavy atom. The largest absolute Gasteiger partial charge is 0.507 e. The van der Waals surface area contributed by atoms with Gasteiger partial charge in [0, 0.05) is 6.04 Å². The van der Waals surface area contributed by atoms with Gasteiger partial charge in [0.2, 0.25) is 0 Å². The Bertz CT molecular complexity index is 442. The van der Waals surface area contributed by atoms with Gasteiger partial charge in [-0.3, -0.25) is 0 Å². The second-order valence-electron chi connectivity index (χ2n) is 8.21. The molecule has 0 unspecified atom stereocenters. The van der Waals surface area contributed by atoms with E-state index < -0.39 is 0 Å². The Kier molecular flexibility index (Phi) is 5.49. The van der Waals surface area contributed by atoms with Gasteiger partial charge in [0.05, 0.1) is 0 Å². The summed E-state index contributed by atoms with van der Waals surface area (Å²) in [6, 6.07) is 4.25. The van der Waals surface area contributed by atoms with Crippen LogP contribution in [-0.2, 0) is 10.8 Å². The Hall–Kier alpha value is -1.02. The fraction of sp³-hybridized carbons (Fsp3) is 0.684. The first-order valence-electron chi connectivity index (χ1n) is 8.12. The van der Waals surface area contributed by atoms with Crippen LogP contribution < -0.4 is 5.73 Å². The maximum absolute atomic E-state index is 10.7. The molecule has 0 aliphatic heterocycles. The molecule has 0 bridgehead atoms. The van der Waals surface area contributed by atoms with Crippen LogP contribution in [0.25, 0.3) is 0 Å². The van der Waals surface area contributed by atoms with Gasteiger partial charge < -0.3 is 10.8 Å². The number of phenols is 1. The lowest BCUT2D eigenvalue weighted by Crippen LogP contribution is -2.20. The van der Waals surface area contributed by atoms with E-state index in [-0.39, 0.29) is 16.9 Å². The number of aromatic hydroxyl groups is 1. The van der Waals surface area contributed by atoms with Crippen molar-refractivity contribution in [3.8, 4) is 5.75 Å². The molecule has 2 heteroatoms. The average Bonchev–Trinajstić information content (AvgIpc) is 2.33. The van der Waals surface area contributed by atoms with E-state index in [4.69, 9.17) is 5.73 Å². The Morgan fingerprint density at radius 3 is 1.76 bits per heavy atom. The van der Waals surface area contributed by atoms with E-state index >= 15 is 0 Å². The standard InChI is InChI=1S/C19H33NO/c1-8-9-10-16(20)13-11-14(18(2,3)4)17(21)15(12-13)19(5,6)7/h11-12,16,21H,8-10,20H2,1-7H3/t16-/m0/s1. The lowest BCUT2D eigenvalue weighted by atomic mass is 9.77. The van der Waals surface area contributed by atoms with Gasteiger partial charge in [-0.05, 0) is 33.9 Å². The van der Waals surface area contributed by atoms with Gasteiger partial charge in [-0.15, -0.1) is 0 Å². The number of rotatable bonds is 4. The van der Waals surface area contributed by atoms with E-state index in [0.29, 0.717) is 5.75 Å². The molecule has 0 amide bonds. The molecule has 0 saturated carbocycles. The summed E-state index contributed by atoms with van der Waals surface area (Å²) in [5.41, 5.74) is 9.33. The quantitative estimate of drug-likeness (QED) is 0.803. The summed E-state index contributed by atoms with van der Waals surface area (Å²) in [5, 5.41) is 10.7. The first-order valence-corrected chi connectivity index (χ1v) is 8.12. The van der Waals surface area contributed by atoms with E-state index in [0.717, 1.165) is 36.0 Å². The normalized spacial score (nSPS) is 14.3. The summed E-state index contributed by atoms with van der Waals surface area (Å²) < 4.78 is 0. The number of unbranched alkanes of at least 4 members (excludes halogenated alkanes) is 1. The molecule has 1 aromatic carbocycles. The average molecular weight is 291 g/mol. The number of hydrogen-bond donors (Lipinski definition) is 2. The molecule has 0 aliphatic carbocycles. The van der Waals surface area contributed by atoms with Crippen LogP contribution in [-0.4, -0.2) is 5.11 Å². The highest BCUT2D eigenvalue weighted by molar-refractivity contribution is 5.50. The number of nitrogens with two attached hydrogens (primary N) is 1. The molecule has 120 valence electrons. The zero-order valence-corrected chi connectivity index (χ0v) is 14.9. The molecule has 21 heavy (non-hydrogen) atoms. The Labute approximate surface area is 130 Å². The van der Waals surface area contributed by atoms with Gasteiger partial charge in [0.1, 0.15) is 5.75 Å². The lowest BCUT2D eigenvalue weighted by molar-refractivity contribution is 0.421. The predicted molar refractivity (Wildman–Crippen MR) is 92.0 cm³/mol. The molecular formula is C19H33NO. The monoisotopic (exact) mass is 291 g/mol. The van der Waals surface area contributed by atoms with Gasteiger partial charge in [-0.2, -0.15) is 0 Å². The summed E-state index contributed by atoms with van der Waals surface area (Å²) in [6.45, 7) is 15.0. The van der Waals surface area contributed by atoms with Gasteiger partial charge in [-0.25, -0.2) is 0 Å². The number of benzene rings is 1. The SMILES string of the molecule is CCCC[C@H](N)c1cc(C(C)(C)C)c(O)c(C(C)(C)C)c1. The van der Waals surface area contributed by atoms with Crippen molar-refractivity contribution in [3.05, 3.63) is 28.8 Å². The van der Waals surface area contributed by atoms with E-state index in [9.17, 15) is 5.11 Å². The molecule has 0 fully saturated rings. The van der Waals surface area contributed by atoms with Crippen LogP contribution >= 0.6 is 0 Å². The van der Waals surface area contributed by atoms with Crippen molar-refractivity contribution in [2.75, 3.05) is 0 Å². The second kappa shape index (κ2) is 6.39. The van der Waals surface area contributed by atoms with Crippen molar-refractivity contribution in [1.29, 1.82) is 0 Å². The molecule has 1 rings (SSSR count). The highest BCUT2D eigenvalue weighted by atomic mass is 16.3. The van der Waals surface area contributed by atoms with Crippen LogP contribution in [0.3, 0.4) is 0 Å². The highest BCUT2D eigenvalue weighted by Crippen LogP contribution is 2.41. The van der Waals surface area contributed by atoms with Crippen LogP contribution in [0.5, 0.6) is 5.75 Å². The molecule has 0 aromatic heterocycles. The molecule has 0 heterocycles.